The number of ether oxygens (including phenoxy) is 4. The minimum atomic E-state index is -0.819. The Morgan fingerprint density at radius 3 is 1.97 bits per heavy atom. The van der Waals surface area contributed by atoms with Crippen LogP contribution in [0.5, 0.6) is 23.0 Å². The van der Waals surface area contributed by atoms with Crippen molar-refractivity contribution in [2.45, 2.75) is 102 Å². The third-order valence-corrected chi connectivity index (χ3v) is 7.01. The summed E-state index contributed by atoms with van der Waals surface area (Å²) < 4.78 is 23.9. The molecule has 2 saturated heterocycles. The first kappa shape index (κ1) is 27.5. The lowest BCUT2D eigenvalue weighted by Crippen LogP contribution is -2.35. The Balaban J connectivity index is 1.28. The van der Waals surface area contributed by atoms with E-state index in [9.17, 15) is 25.5 Å². The number of phenolic OH excluding ortho intramolecular Hbond substituents is 4. The van der Waals surface area contributed by atoms with Gasteiger partial charge in [0.15, 0.2) is 12.6 Å². The summed E-state index contributed by atoms with van der Waals surface area (Å²) in [6, 6.07) is 8.50. The molecule has 2 aromatic rings. The second-order valence-corrected chi connectivity index (χ2v) is 10.1. The molecule has 37 heavy (non-hydrogen) atoms. The van der Waals surface area contributed by atoms with Crippen LogP contribution in [-0.4, -0.2) is 56.1 Å². The summed E-state index contributed by atoms with van der Waals surface area (Å²) in [5, 5.41) is 50.7. The first-order chi connectivity index (χ1) is 17.7. The van der Waals surface area contributed by atoms with Crippen LogP contribution >= 0.6 is 0 Å². The van der Waals surface area contributed by atoms with Crippen molar-refractivity contribution in [2.24, 2.45) is 0 Å². The second kappa shape index (κ2) is 12.3. The van der Waals surface area contributed by atoms with Gasteiger partial charge in [-0.2, -0.15) is 0 Å². The van der Waals surface area contributed by atoms with E-state index >= 15 is 0 Å². The Labute approximate surface area is 217 Å². The SMILES string of the molecule is CCC1CC(CCCC(O)CC2C[C@H](C)OC(c3cc(O)ccc3O)O2)OC(c2cc(O)ccc2O)O1. The molecule has 0 bridgehead atoms. The fourth-order valence-electron chi connectivity index (χ4n) is 5.04. The van der Waals surface area contributed by atoms with Gasteiger partial charge >= 0.3 is 0 Å². The average molecular weight is 519 g/mol. The van der Waals surface area contributed by atoms with Crippen LogP contribution in [0.2, 0.25) is 0 Å². The van der Waals surface area contributed by atoms with Gasteiger partial charge in [-0.05, 0) is 81.8 Å². The molecule has 2 heterocycles. The van der Waals surface area contributed by atoms with Crippen molar-refractivity contribution >= 4 is 0 Å². The van der Waals surface area contributed by atoms with Gasteiger partial charge in [-0.25, -0.2) is 0 Å². The van der Waals surface area contributed by atoms with E-state index in [1.165, 1.54) is 36.4 Å². The quantitative estimate of drug-likeness (QED) is 0.293. The number of phenols is 4. The van der Waals surface area contributed by atoms with E-state index in [4.69, 9.17) is 18.9 Å². The number of aliphatic hydroxyl groups is 1. The molecule has 4 rings (SSSR count). The molecular formula is C28H38O9. The predicted molar refractivity (Wildman–Crippen MR) is 134 cm³/mol. The summed E-state index contributed by atoms with van der Waals surface area (Å²) in [6.07, 6.45) is 1.90. The van der Waals surface area contributed by atoms with Gasteiger partial charge in [-0.15, -0.1) is 0 Å². The number of benzene rings is 2. The van der Waals surface area contributed by atoms with Crippen molar-refractivity contribution in [2.75, 3.05) is 0 Å². The van der Waals surface area contributed by atoms with Crippen LogP contribution in [-0.2, 0) is 18.9 Å². The fraction of sp³-hybridized carbons (Fsp3) is 0.571. The first-order valence-electron chi connectivity index (χ1n) is 13.1. The van der Waals surface area contributed by atoms with Crippen LogP contribution in [0, 0.1) is 0 Å². The van der Waals surface area contributed by atoms with Gasteiger partial charge in [0, 0.05) is 6.42 Å². The minimum Gasteiger partial charge on any atom is -0.508 e. The van der Waals surface area contributed by atoms with Crippen molar-refractivity contribution in [1.29, 1.82) is 0 Å². The minimum absolute atomic E-state index is 0.0109. The van der Waals surface area contributed by atoms with E-state index in [2.05, 4.69) is 0 Å². The number of hydrogen-bond donors (Lipinski definition) is 5. The zero-order chi connectivity index (χ0) is 26.5. The molecule has 0 aromatic heterocycles. The Hall–Kier alpha value is -2.56. The zero-order valence-corrected chi connectivity index (χ0v) is 21.3. The third kappa shape index (κ3) is 7.27. The standard InChI is InChI=1S/C28H38O9/c1-3-20-15-21(36-28(35-20)24-14-19(31)8-10-26(24)33)6-4-5-17(29)12-22-11-16(2)34-27(37-22)23-13-18(30)7-9-25(23)32/h7-10,13-14,16-17,20-22,27-33H,3-6,11-12,15H2,1-2H3/t16-,17?,20?,21?,22?,27?,28?/m0/s1. The second-order valence-electron chi connectivity index (χ2n) is 10.1. The number of aliphatic hydroxyl groups excluding tert-OH is 1. The van der Waals surface area contributed by atoms with Crippen molar-refractivity contribution in [1.82, 2.24) is 0 Å². The number of hydrogen-bond acceptors (Lipinski definition) is 9. The molecule has 2 aliphatic rings. The molecule has 6 unspecified atom stereocenters. The largest absolute Gasteiger partial charge is 0.508 e. The van der Waals surface area contributed by atoms with E-state index in [0.29, 0.717) is 30.4 Å². The van der Waals surface area contributed by atoms with Crippen LogP contribution in [0.4, 0.5) is 0 Å². The highest BCUT2D eigenvalue weighted by atomic mass is 16.7. The van der Waals surface area contributed by atoms with E-state index in [-0.39, 0.29) is 47.4 Å². The van der Waals surface area contributed by atoms with Crippen LogP contribution in [0.25, 0.3) is 0 Å². The molecule has 9 nitrogen and oxygen atoms in total. The Bertz CT molecular complexity index is 1030. The summed E-state index contributed by atoms with van der Waals surface area (Å²) in [6.45, 7) is 3.96. The van der Waals surface area contributed by atoms with Gasteiger partial charge in [-0.1, -0.05) is 6.92 Å². The summed E-state index contributed by atoms with van der Waals surface area (Å²) in [4.78, 5) is 0. The average Bonchev–Trinajstić information content (AvgIpc) is 2.86. The lowest BCUT2D eigenvalue weighted by Gasteiger charge is -2.36. The molecule has 2 fully saturated rings. The molecule has 204 valence electrons. The summed E-state index contributed by atoms with van der Waals surface area (Å²) in [5.41, 5.74) is 0.766. The molecule has 0 amide bonds. The molecule has 0 aliphatic carbocycles. The number of rotatable bonds is 9. The zero-order valence-electron chi connectivity index (χ0n) is 21.3. The van der Waals surface area contributed by atoms with Crippen LogP contribution < -0.4 is 0 Å². The highest BCUT2D eigenvalue weighted by molar-refractivity contribution is 5.40. The van der Waals surface area contributed by atoms with E-state index in [1.54, 1.807) is 0 Å². The smallest absolute Gasteiger partial charge is 0.188 e. The highest BCUT2D eigenvalue weighted by Crippen LogP contribution is 2.39. The van der Waals surface area contributed by atoms with E-state index < -0.39 is 18.7 Å². The van der Waals surface area contributed by atoms with Crippen LogP contribution in [0.15, 0.2) is 36.4 Å². The van der Waals surface area contributed by atoms with Gasteiger partial charge in [0.1, 0.15) is 23.0 Å². The molecule has 5 N–H and O–H groups in total. The lowest BCUT2D eigenvalue weighted by atomic mass is 9.97. The van der Waals surface area contributed by atoms with Gasteiger partial charge < -0.3 is 44.5 Å². The summed E-state index contributed by atoms with van der Waals surface area (Å²) in [5.74, 6) is 0.0357. The molecule has 0 saturated carbocycles. The highest BCUT2D eigenvalue weighted by Gasteiger charge is 2.33. The maximum atomic E-state index is 10.7. The Morgan fingerprint density at radius 2 is 1.35 bits per heavy atom. The summed E-state index contributed by atoms with van der Waals surface area (Å²) >= 11 is 0. The van der Waals surface area contributed by atoms with E-state index in [0.717, 1.165) is 25.7 Å². The van der Waals surface area contributed by atoms with Gasteiger partial charge in [0.05, 0.1) is 41.6 Å². The number of aromatic hydroxyl groups is 4. The van der Waals surface area contributed by atoms with Gasteiger partial charge in [-0.3, -0.25) is 0 Å². The third-order valence-electron chi connectivity index (χ3n) is 7.01. The van der Waals surface area contributed by atoms with Gasteiger partial charge in [0.2, 0.25) is 0 Å². The normalized spacial score (nSPS) is 29.2. The molecule has 9 heteroatoms. The fourth-order valence-corrected chi connectivity index (χ4v) is 5.04. The maximum Gasteiger partial charge on any atom is 0.188 e. The topological polar surface area (TPSA) is 138 Å². The Kier molecular flexibility index (Phi) is 9.15. The van der Waals surface area contributed by atoms with Crippen molar-refractivity contribution < 1.29 is 44.5 Å². The molecule has 2 aromatic carbocycles. The van der Waals surface area contributed by atoms with E-state index in [1.807, 2.05) is 13.8 Å². The molecule has 0 radical (unpaired) electrons. The molecule has 2 aliphatic heterocycles. The lowest BCUT2D eigenvalue weighted by molar-refractivity contribution is -0.250. The molecular weight excluding hydrogens is 480 g/mol. The van der Waals surface area contributed by atoms with Crippen molar-refractivity contribution in [3.05, 3.63) is 47.5 Å². The summed E-state index contributed by atoms with van der Waals surface area (Å²) in [7, 11) is 0. The van der Waals surface area contributed by atoms with Gasteiger partial charge in [0.25, 0.3) is 0 Å². The Morgan fingerprint density at radius 1 is 0.784 bits per heavy atom. The monoisotopic (exact) mass is 518 g/mol. The molecule has 0 spiro atoms. The predicted octanol–water partition coefficient (Wildman–Crippen LogP) is 4.91. The van der Waals surface area contributed by atoms with Crippen molar-refractivity contribution in [3.63, 3.8) is 0 Å². The first-order valence-corrected chi connectivity index (χ1v) is 13.1. The van der Waals surface area contributed by atoms with Crippen LogP contribution in [0.3, 0.4) is 0 Å². The van der Waals surface area contributed by atoms with Crippen molar-refractivity contribution in [3.8, 4) is 23.0 Å². The maximum absolute atomic E-state index is 10.7. The molecule has 7 atom stereocenters. The van der Waals surface area contributed by atoms with Crippen LogP contribution in [0.1, 0.15) is 82.5 Å².